The molecule has 3 nitrogen and oxygen atoms in total. The molecule has 1 heterocycles. The van der Waals surface area contributed by atoms with Crippen LogP contribution in [0.3, 0.4) is 0 Å². The van der Waals surface area contributed by atoms with Crippen molar-refractivity contribution in [2.75, 3.05) is 6.61 Å². The summed E-state index contributed by atoms with van der Waals surface area (Å²) in [4.78, 5) is 4.37. The summed E-state index contributed by atoms with van der Waals surface area (Å²) in [6, 6.07) is 12.4. The zero-order valence-corrected chi connectivity index (χ0v) is 12.4. The van der Waals surface area contributed by atoms with Crippen molar-refractivity contribution in [1.82, 2.24) is 10.3 Å². The fraction of sp³-hybridized carbons (Fsp3) is 0.353. The van der Waals surface area contributed by atoms with Crippen molar-refractivity contribution in [2.45, 2.75) is 33.4 Å². The summed E-state index contributed by atoms with van der Waals surface area (Å²) in [6.07, 6.45) is 1.83. The second-order valence-corrected chi connectivity index (χ2v) is 5.17. The zero-order valence-electron chi connectivity index (χ0n) is 12.4. The first kappa shape index (κ1) is 14.5. The highest BCUT2D eigenvalue weighted by Gasteiger charge is 2.05. The maximum atomic E-state index is 5.76. The number of aromatic nitrogens is 1. The van der Waals surface area contributed by atoms with Crippen molar-refractivity contribution in [3.05, 3.63) is 59.4 Å². The van der Waals surface area contributed by atoms with Gasteiger partial charge in [-0.2, -0.15) is 0 Å². The molecule has 0 radical (unpaired) electrons. The highest BCUT2D eigenvalue weighted by atomic mass is 16.5. The Labute approximate surface area is 121 Å². The topological polar surface area (TPSA) is 34.1 Å². The lowest BCUT2D eigenvalue weighted by Crippen LogP contribution is -2.31. The number of nitrogens with one attached hydrogen (secondary N) is 1. The van der Waals surface area contributed by atoms with Crippen molar-refractivity contribution in [1.29, 1.82) is 0 Å². The Hall–Kier alpha value is -1.87. The minimum absolute atomic E-state index is 0.276. The van der Waals surface area contributed by atoms with Gasteiger partial charge < -0.3 is 10.1 Å². The van der Waals surface area contributed by atoms with E-state index in [9.17, 15) is 0 Å². The first-order valence-electron chi connectivity index (χ1n) is 6.98. The lowest BCUT2D eigenvalue weighted by Gasteiger charge is -2.15. The maximum Gasteiger partial charge on any atom is 0.119 e. The first-order chi connectivity index (χ1) is 9.65. The van der Waals surface area contributed by atoms with Gasteiger partial charge in [-0.1, -0.05) is 23.8 Å². The van der Waals surface area contributed by atoms with E-state index >= 15 is 0 Å². The van der Waals surface area contributed by atoms with Gasteiger partial charge in [0.2, 0.25) is 0 Å². The number of rotatable bonds is 6. The molecule has 1 aromatic carbocycles. The smallest absolute Gasteiger partial charge is 0.119 e. The van der Waals surface area contributed by atoms with Gasteiger partial charge in [0.05, 0.1) is 5.69 Å². The SMILES string of the molecule is Cc1ccc(OCC(C)NCc2ncccc2C)cc1. The largest absolute Gasteiger partial charge is 0.492 e. The minimum Gasteiger partial charge on any atom is -0.492 e. The molecular weight excluding hydrogens is 248 g/mol. The standard InChI is InChI=1S/C17H22N2O/c1-13-6-8-16(9-7-13)20-12-15(3)19-11-17-14(2)5-4-10-18-17/h4-10,15,19H,11-12H2,1-3H3. The highest BCUT2D eigenvalue weighted by molar-refractivity contribution is 5.26. The van der Waals surface area contributed by atoms with E-state index in [1.54, 1.807) is 0 Å². The number of hydrogen-bond donors (Lipinski definition) is 1. The fourth-order valence-corrected chi connectivity index (χ4v) is 1.89. The quantitative estimate of drug-likeness (QED) is 0.875. The Balaban J connectivity index is 1.77. The molecule has 1 aromatic heterocycles. The molecular formula is C17H22N2O. The molecule has 0 spiro atoms. The molecule has 0 amide bonds. The average Bonchev–Trinajstić information content (AvgIpc) is 2.46. The van der Waals surface area contributed by atoms with E-state index in [0.717, 1.165) is 18.0 Å². The molecule has 3 heteroatoms. The lowest BCUT2D eigenvalue weighted by atomic mass is 10.2. The van der Waals surface area contributed by atoms with Crippen molar-refractivity contribution in [3.8, 4) is 5.75 Å². The number of benzene rings is 1. The van der Waals surface area contributed by atoms with Crippen LogP contribution in [-0.4, -0.2) is 17.6 Å². The summed E-state index contributed by atoms with van der Waals surface area (Å²) >= 11 is 0. The lowest BCUT2D eigenvalue weighted by molar-refractivity contribution is 0.272. The van der Waals surface area contributed by atoms with E-state index in [2.05, 4.69) is 49.3 Å². The van der Waals surface area contributed by atoms with E-state index in [-0.39, 0.29) is 6.04 Å². The van der Waals surface area contributed by atoms with Crippen molar-refractivity contribution in [3.63, 3.8) is 0 Å². The van der Waals surface area contributed by atoms with Gasteiger partial charge in [0, 0.05) is 18.8 Å². The Morgan fingerprint density at radius 3 is 2.60 bits per heavy atom. The summed E-state index contributed by atoms with van der Waals surface area (Å²) in [5, 5.41) is 3.43. The van der Waals surface area contributed by atoms with Gasteiger partial charge >= 0.3 is 0 Å². The van der Waals surface area contributed by atoms with Crippen molar-refractivity contribution < 1.29 is 4.74 Å². The van der Waals surface area contributed by atoms with Gasteiger partial charge in [0.25, 0.3) is 0 Å². The second-order valence-electron chi connectivity index (χ2n) is 5.17. The number of ether oxygens (including phenoxy) is 1. The molecule has 0 aliphatic heterocycles. The van der Waals surface area contributed by atoms with Crippen LogP contribution in [-0.2, 0) is 6.54 Å². The number of pyridine rings is 1. The van der Waals surface area contributed by atoms with Crippen LogP contribution in [0.5, 0.6) is 5.75 Å². The number of aryl methyl sites for hydroxylation is 2. The summed E-state index contributed by atoms with van der Waals surface area (Å²) in [7, 11) is 0. The number of nitrogens with zero attached hydrogens (tertiary/aromatic N) is 1. The van der Waals surface area contributed by atoms with Crippen LogP contribution in [0.25, 0.3) is 0 Å². The predicted octanol–water partition coefficient (Wildman–Crippen LogP) is 3.26. The summed E-state index contributed by atoms with van der Waals surface area (Å²) in [5.74, 6) is 0.915. The van der Waals surface area contributed by atoms with Gasteiger partial charge in [-0.3, -0.25) is 4.98 Å². The van der Waals surface area contributed by atoms with Gasteiger partial charge in [-0.15, -0.1) is 0 Å². The maximum absolute atomic E-state index is 5.76. The van der Waals surface area contributed by atoms with E-state index < -0.39 is 0 Å². The van der Waals surface area contributed by atoms with Crippen LogP contribution in [0.1, 0.15) is 23.7 Å². The molecule has 1 unspecified atom stereocenters. The Morgan fingerprint density at radius 2 is 1.90 bits per heavy atom. The van der Waals surface area contributed by atoms with Gasteiger partial charge in [0.15, 0.2) is 0 Å². The molecule has 0 fully saturated rings. The average molecular weight is 270 g/mol. The highest BCUT2D eigenvalue weighted by Crippen LogP contribution is 2.11. The molecule has 0 bridgehead atoms. The van der Waals surface area contributed by atoms with Crippen LogP contribution in [0.15, 0.2) is 42.6 Å². The Kier molecular flexibility index (Phi) is 5.13. The summed E-state index contributed by atoms with van der Waals surface area (Å²) in [6.45, 7) is 7.69. The van der Waals surface area contributed by atoms with Gasteiger partial charge in [-0.25, -0.2) is 0 Å². The van der Waals surface area contributed by atoms with Crippen LogP contribution in [0.2, 0.25) is 0 Å². The summed E-state index contributed by atoms with van der Waals surface area (Å²) in [5.41, 5.74) is 3.55. The third-order valence-electron chi connectivity index (χ3n) is 3.26. The van der Waals surface area contributed by atoms with Crippen LogP contribution >= 0.6 is 0 Å². The predicted molar refractivity (Wildman–Crippen MR) is 81.9 cm³/mol. The Morgan fingerprint density at radius 1 is 1.15 bits per heavy atom. The molecule has 2 aromatic rings. The van der Waals surface area contributed by atoms with Gasteiger partial charge in [0.1, 0.15) is 12.4 Å². The fourth-order valence-electron chi connectivity index (χ4n) is 1.89. The molecule has 0 saturated heterocycles. The third kappa shape index (κ3) is 4.35. The van der Waals surface area contributed by atoms with Gasteiger partial charge in [-0.05, 0) is 44.5 Å². The third-order valence-corrected chi connectivity index (χ3v) is 3.26. The van der Waals surface area contributed by atoms with Crippen LogP contribution in [0.4, 0.5) is 0 Å². The van der Waals surface area contributed by atoms with E-state index in [1.807, 2.05) is 24.4 Å². The van der Waals surface area contributed by atoms with Crippen molar-refractivity contribution in [2.24, 2.45) is 0 Å². The molecule has 0 aliphatic carbocycles. The monoisotopic (exact) mass is 270 g/mol. The molecule has 106 valence electrons. The molecule has 0 aliphatic rings. The second kappa shape index (κ2) is 7.06. The number of hydrogen-bond acceptors (Lipinski definition) is 3. The van der Waals surface area contributed by atoms with Crippen LogP contribution < -0.4 is 10.1 Å². The Bertz CT molecular complexity index is 537. The molecule has 20 heavy (non-hydrogen) atoms. The minimum atomic E-state index is 0.276. The summed E-state index contributed by atoms with van der Waals surface area (Å²) < 4.78 is 5.76. The van der Waals surface area contributed by atoms with E-state index in [4.69, 9.17) is 4.74 Å². The first-order valence-corrected chi connectivity index (χ1v) is 6.98. The van der Waals surface area contributed by atoms with Crippen molar-refractivity contribution >= 4 is 0 Å². The zero-order chi connectivity index (χ0) is 14.4. The molecule has 2 rings (SSSR count). The molecule has 1 atom stereocenters. The normalized spacial score (nSPS) is 12.2. The van der Waals surface area contributed by atoms with Crippen LogP contribution in [0, 0.1) is 13.8 Å². The molecule has 1 N–H and O–H groups in total. The van der Waals surface area contributed by atoms with E-state index in [1.165, 1.54) is 11.1 Å². The molecule has 0 saturated carbocycles. The van der Waals surface area contributed by atoms with E-state index in [0.29, 0.717) is 6.61 Å².